The summed E-state index contributed by atoms with van der Waals surface area (Å²) < 4.78 is 0. The Morgan fingerprint density at radius 3 is 1.27 bits per heavy atom. The van der Waals surface area contributed by atoms with E-state index in [2.05, 4.69) is 114 Å². The van der Waals surface area contributed by atoms with Crippen LogP contribution in [0.15, 0.2) is 72.8 Å². The molecule has 0 saturated carbocycles. The fourth-order valence-corrected chi connectivity index (χ4v) is 4.61. The van der Waals surface area contributed by atoms with Gasteiger partial charge in [0.1, 0.15) is 0 Å². The molecule has 0 aliphatic rings. The molecule has 4 aromatic carbocycles. The van der Waals surface area contributed by atoms with Crippen LogP contribution in [0.5, 0.6) is 0 Å². The molecule has 0 N–H and O–H groups in total. The van der Waals surface area contributed by atoms with E-state index in [4.69, 9.17) is 0 Å². The van der Waals surface area contributed by atoms with E-state index in [0.29, 0.717) is 0 Å². The molecule has 4 heteroatoms. The summed E-state index contributed by atoms with van der Waals surface area (Å²) in [5.74, 6) is 0. The SMILES string of the molecule is CC(C)[Si](=[Zr+2])C(C)C.Cc1cc2ccccc2[cH-]1.Cc1cc2ccccc2[cH-]1.[Cl-].[Cl-]. The van der Waals surface area contributed by atoms with Gasteiger partial charge in [-0.05, 0) is 0 Å². The topological polar surface area (TPSA) is 0 Å². The van der Waals surface area contributed by atoms with Gasteiger partial charge in [0.15, 0.2) is 0 Å². The van der Waals surface area contributed by atoms with E-state index < -0.39 is 0 Å². The molecule has 160 valence electrons. The smallest absolute Gasteiger partial charge is 0.0579 e. The maximum atomic E-state index is 2.35. The molecule has 0 fully saturated rings. The standard InChI is InChI=1S/2C10H9.C6H14Si.2ClH.Zr/c2*1-8-6-9-4-2-3-5-10(9)7-8;1-5(2)7-6(3)4;;;/h2*2-7H,1H3;5-6H,1-4H3;2*1H;/q2*-1;;;;+2/p-2. The molecule has 0 saturated heterocycles. The van der Waals surface area contributed by atoms with E-state index >= 15 is 0 Å². The van der Waals surface area contributed by atoms with Gasteiger partial charge < -0.3 is 24.8 Å². The zero-order valence-electron chi connectivity index (χ0n) is 18.8. The monoisotopic (exact) mass is 532 g/mol. The molecule has 0 heterocycles. The fourth-order valence-electron chi connectivity index (χ4n) is 3.28. The largest absolute Gasteiger partial charge is 1.00 e. The molecule has 0 spiro atoms. The predicted molar refractivity (Wildman–Crippen MR) is 125 cm³/mol. The maximum absolute atomic E-state index is 2.35. The van der Waals surface area contributed by atoms with Crippen molar-refractivity contribution in [1.82, 2.24) is 0 Å². The molecule has 0 nitrogen and oxygen atoms in total. The third kappa shape index (κ3) is 9.23. The Morgan fingerprint density at radius 2 is 1.00 bits per heavy atom. The molecule has 4 aromatic rings. The van der Waals surface area contributed by atoms with Gasteiger partial charge in [-0.1, -0.05) is 26.0 Å². The summed E-state index contributed by atoms with van der Waals surface area (Å²) in [4.78, 5) is 0. The van der Waals surface area contributed by atoms with Crippen molar-refractivity contribution in [1.29, 1.82) is 0 Å². The van der Waals surface area contributed by atoms with Crippen molar-refractivity contribution < 1.29 is 48.1 Å². The molecular weight excluding hydrogens is 503 g/mol. The van der Waals surface area contributed by atoms with Crippen molar-refractivity contribution >= 4 is 27.0 Å². The van der Waals surface area contributed by atoms with E-state index in [1.807, 2.05) is 0 Å². The predicted octanol–water partition coefficient (Wildman–Crippen LogP) is 2.09. The Balaban J connectivity index is 0.000000411. The van der Waals surface area contributed by atoms with Gasteiger partial charge in [-0.15, -0.1) is 81.2 Å². The van der Waals surface area contributed by atoms with Crippen LogP contribution in [-0.4, -0.2) is 5.43 Å². The molecular formula is C26H32Cl2SiZr-2. The van der Waals surface area contributed by atoms with Gasteiger partial charge in [-0.2, -0.15) is 12.1 Å². The quantitative estimate of drug-likeness (QED) is 0.273. The molecule has 0 aromatic heterocycles. The van der Waals surface area contributed by atoms with Crippen molar-refractivity contribution in [2.45, 2.75) is 52.6 Å². The first-order chi connectivity index (χ1) is 13.3. The molecule has 0 radical (unpaired) electrons. The number of benzene rings is 2. The van der Waals surface area contributed by atoms with E-state index in [9.17, 15) is 0 Å². The van der Waals surface area contributed by atoms with Gasteiger partial charge in [-0.25, -0.2) is 0 Å². The Morgan fingerprint density at radius 1 is 0.667 bits per heavy atom. The summed E-state index contributed by atoms with van der Waals surface area (Å²) in [6.07, 6.45) is 0. The summed E-state index contributed by atoms with van der Waals surface area (Å²) in [7, 11) is 0. The van der Waals surface area contributed by atoms with Crippen LogP contribution in [0.3, 0.4) is 0 Å². The zero-order chi connectivity index (χ0) is 20.7. The molecule has 0 unspecified atom stereocenters. The molecule has 0 aliphatic carbocycles. The van der Waals surface area contributed by atoms with Crippen LogP contribution in [0.25, 0.3) is 21.5 Å². The van der Waals surface area contributed by atoms with Crippen LogP contribution < -0.4 is 24.8 Å². The van der Waals surface area contributed by atoms with E-state index in [1.165, 1.54) is 32.7 Å². The number of hydrogen-bond donors (Lipinski definition) is 0. The molecule has 0 aliphatic heterocycles. The number of aryl methyl sites for hydroxylation is 2. The summed E-state index contributed by atoms with van der Waals surface area (Å²) >= 11 is 1.80. The fraction of sp³-hybridized carbons (Fsp3) is 0.308. The first kappa shape index (κ1) is 29.3. The molecule has 0 amide bonds. The van der Waals surface area contributed by atoms with Gasteiger partial charge in [0.05, 0.1) is 0 Å². The first-order valence-electron chi connectivity index (χ1n) is 10.1. The number of fused-ring (bicyclic) bond motifs is 2. The van der Waals surface area contributed by atoms with Crippen LogP contribution >= 0.6 is 0 Å². The minimum Gasteiger partial charge on any atom is -1.00 e. The minimum absolute atomic E-state index is 0. The van der Waals surface area contributed by atoms with Crippen LogP contribution in [0.1, 0.15) is 38.8 Å². The van der Waals surface area contributed by atoms with Crippen LogP contribution in [0.2, 0.25) is 11.1 Å². The van der Waals surface area contributed by atoms with Gasteiger partial charge in [0, 0.05) is 0 Å². The zero-order valence-corrected chi connectivity index (χ0v) is 23.8. The van der Waals surface area contributed by atoms with Crippen molar-refractivity contribution in [2.24, 2.45) is 0 Å². The maximum Gasteiger partial charge on any atom is -0.0579 e. The normalized spacial score (nSPS) is 9.93. The van der Waals surface area contributed by atoms with Gasteiger partial charge in [0.25, 0.3) is 0 Å². The molecule has 0 atom stereocenters. The van der Waals surface area contributed by atoms with Gasteiger partial charge >= 0.3 is 67.5 Å². The second-order valence-electron chi connectivity index (χ2n) is 8.09. The van der Waals surface area contributed by atoms with Crippen molar-refractivity contribution in [3.8, 4) is 0 Å². The molecule has 0 bridgehead atoms. The number of halogens is 2. The second-order valence-corrected chi connectivity index (χ2v) is 15.6. The average Bonchev–Trinajstić information content (AvgIpc) is 3.22. The van der Waals surface area contributed by atoms with Crippen LogP contribution in [0.4, 0.5) is 0 Å². The Bertz CT molecular complexity index is 880. The molecule has 30 heavy (non-hydrogen) atoms. The van der Waals surface area contributed by atoms with Crippen molar-refractivity contribution in [3.05, 3.63) is 83.9 Å². The van der Waals surface area contributed by atoms with Gasteiger partial charge in [-0.3, -0.25) is 0 Å². The van der Waals surface area contributed by atoms with Crippen LogP contribution in [0, 0.1) is 13.8 Å². The summed E-state index contributed by atoms with van der Waals surface area (Å²) in [6.45, 7) is 13.7. The number of rotatable bonds is 2. The third-order valence-corrected chi connectivity index (χ3v) is 15.8. The minimum atomic E-state index is 0. The van der Waals surface area contributed by atoms with E-state index in [1.54, 1.807) is 23.3 Å². The second kappa shape index (κ2) is 14.4. The Hall–Kier alpha value is -0.660. The molecule has 4 rings (SSSR count). The number of hydrogen-bond acceptors (Lipinski definition) is 0. The van der Waals surface area contributed by atoms with Crippen LogP contribution in [-0.2, 0) is 23.3 Å². The average molecular weight is 535 g/mol. The third-order valence-electron chi connectivity index (χ3n) is 4.77. The Kier molecular flexibility index (Phi) is 14.1. The first-order valence-corrected chi connectivity index (χ1v) is 15.4. The summed E-state index contributed by atoms with van der Waals surface area (Å²) in [5.41, 5.74) is 4.73. The van der Waals surface area contributed by atoms with E-state index in [-0.39, 0.29) is 30.2 Å². The summed E-state index contributed by atoms with van der Waals surface area (Å²) in [6, 6.07) is 25.7. The van der Waals surface area contributed by atoms with Crippen molar-refractivity contribution in [3.63, 3.8) is 0 Å². The summed E-state index contributed by atoms with van der Waals surface area (Å²) in [5, 5.41) is 5.39. The van der Waals surface area contributed by atoms with E-state index in [0.717, 1.165) is 11.1 Å². The Labute approximate surface area is 210 Å². The van der Waals surface area contributed by atoms with Gasteiger partial charge in [0.2, 0.25) is 0 Å². The van der Waals surface area contributed by atoms with Crippen molar-refractivity contribution in [2.75, 3.05) is 0 Å².